The molecule has 3 rings (SSSR count). The number of aliphatic hydroxyl groups is 1. The summed E-state index contributed by atoms with van der Waals surface area (Å²) in [5.41, 5.74) is 1.43. The fourth-order valence-electron chi connectivity index (χ4n) is 2.80. The van der Waals surface area contributed by atoms with E-state index in [9.17, 15) is 9.90 Å². The van der Waals surface area contributed by atoms with Crippen molar-refractivity contribution < 1.29 is 9.90 Å². The average molecular weight is 333 g/mol. The topological polar surface area (TPSA) is 82.5 Å². The van der Waals surface area contributed by atoms with Crippen LogP contribution < -0.4 is 4.90 Å². The van der Waals surface area contributed by atoms with Gasteiger partial charge in [0.2, 0.25) is 5.95 Å². The lowest BCUT2D eigenvalue weighted by atomic mass is 10.0. The van der Waals surface area contributed by atoms with Crippen molar-refractivity contribution in [2.24, 2.45) is 0 Å². The Morgan fingerprint density at radius 2 is 2.17 bits per heavy atom. The third kappa shape index (κ3) is 3.32. The predicted molar refractivity (Wildman–Crippen MR) is 87.6 cm³/mol. The minimum atomic E-state index is -0.956. The van der Waals surface area contributed by atoms with Crippen LogP contribution in [-0.2, 0) is 0 Å². The third-order valence-electron chi connectivity index (χ3n) is 3.99. The van der Waals surface area contributed by atoms with E-state index in [4.69, 9.17) is 0 Å². The van der Waals surface area contributed by atoms with Crippen molar-refractivity contribution in [2.45, 2.75) is 18.9 Å². The van der Waals surface area contributed by atoms with Crippen LogP contribution >= 0.6 is 11.3 Å². The van der Waals surface area contributed by atoms with Crippen LogP contribution in [0.15, 0.2) is 24.0 Å². The quantitative estimate of drug-likeness (QED) is 0.897. The Morgan fingerprint density at radius 1 is 1.43 bits per heavy atom. The lowest BCUT2D eigenvalue weighted by Crippen LogP contribution is -2.46. The minimum Gasteiger partial charge on any atom is -0.386 e. The molecule has 1 amide bonds. The van der Waals surface area contributed by atoms with Crippen LogP contribution in [0.1, 0.15) is 21.8 Å². The third-order valence-corrected chi connectivity index (χ3v) is 4.90. The van der Waals surface area contributed by atoms with Crippen molar-refractivity contribution in [3.8, 4) is 0 Å². The van der Waals surface area contributed by atoms with E-state index in [1.807, 2.05) is 11.8 Å². The van der Waals surface area contributed by atoms with Crippen LogP contribution in [0, 0.1) is 6.92 Å². The van der Waals surface area contributed by atoms with Gasteiger partial charge in [0.1, 0.15) is 10.5 Å². The van der Waals surface area contributed by atoms with Gasteiger partial charge in [0.15, 0.2) is 0 Å². The van der Waals surface area contributed by atoms with Gasteiger partial charge in [0.05, 0.1) is 24.3 Å². The van der Waals surface area contributed by atoms with Crippen LogP contribution in [0.3, 0.4) is 0 Å². The molecule has 1 aliphatic rings. The Morgan fingerprint density at radius 3 is 2.83 bits per heavy atom. The number of likely N-dealkylation sites (N-methyl/N-ethyl adjacent to an activating group) is 1. The largest absolute Gasteiger partial charge is 0.386 e. The van der Waals surface area contributed by atoms with Crippen molar-refractivity contribution in [3.05, 3.63) is 34.5 Å². The number of hydrogen-bond acceptors (Lipinski definition) is 7. The standard InChI is InChI=1S/C15H19N5O2S/c1-11-12(23-10-18-11)13(21)19(2)8-15(22)4-7-20(9-15)14-16-5-3-6-17-14/h3,5-6,10,22H,4,7-9H2,1-2H3/t15-/m1/s1. The van der Waals surface area contributed by atoms with E-state index in [1.165, 1.54) is 11.3 Å². The van der Waals surface area contributed by atoms with Gasteiger partial charge in [-0.05, 0) is 19.4 Å². The first-order valence-corrected chi connectivity index (χ1v) is 8.26. The SMILES string of the molecule is Cc1ncsc1C(=O)N(C)C[C@]1(O)CCN(c2ncccn2)C1. The monoisotopic (exact) mass is 333 g/mol. The molecule has 2 aromatic rings. The number of thiazole rings is 1. The molecule has 0 bridgehead atoms. The summed E-state index contributed by atoms with van der Waals surface area (Å²) in [6.07, 6.45) is 3.94. The van der Waals surface area contributed by atoms with Crippen molar-refractivity contribution >= 4 is 23.2 Å². The number of carbonyl (C=O) groups excluding carboxylic acids is 1. The van der Waals surface area contributed by atoms with E-state index >= 15 is 0 Å². The summed E-state index contributed by atoms with van der Waals surface area (Å²) < 4.78 is 0. The van der Waals surface area contributed by atoms with Crippen LogP contribution in [0.2, 0.25) is 0 Å². The highest BCUT2D eigenvalue weighted by Crippen LogP contribution is 2.26. The molecule has 1 N–H and O–H groups in total. The zero-order valence-corrected chi connectivity index (χ0v) is 14.0. The summed E-state index contributed by atoms with van der Waals surface area (Å²) in [5.74, 6) is 0.503. The highest BCUT2D eigenvalue weighted by molar-refractivity contribution is 7.11. The van der Waals surface area contributed by atoms with Crippen LogP contribution in [-0.4, -0.2) is 63.1 Å². The summed E-state index contributed by atoms with van der Waals surface area (Å²) in [4.78, 5) is 29.1. The Kier molecular flexibility index (Phi) is 4.27. The molecule has 1 aliphatic heterocycles. The minimum absolute atomic E-state index is 0.104. The Balaban J connectivity index is 1.66. The lowest BCUT2D eigenvalue weighted by molar-refractivity contribution is 0.0265. The molecular formula is C15H19N5O2S. The molecular weight excluding hydrogens is 314 g/mol. The van der Waals surface area contributed by atoms with E-state index in [2.05, 4.69) is 15.0 Å². The van der Waals surface area contributed by atoms with Gasteiger partial charge in [0, 0.05) is 26.0 Å². The number of hydrogen-bond donors (Lipinski definition) is 1. The number of nitrogens with zero attached hydrogens (tertiary/aromatic N) is 5. The summed E-state index contributed by atoms with van der Waals surface area (Å²) in [6, 6.07) is 1.76. The van der Waals surface area contributed by atoms with Gasteiger partial charge in [-0.1, -0.05) is 0 Å². The molecule has 2 aromatic heterocycles. The smallest absolute Gasteiger partial charge is 0.265 e. The molecule has 0 unspecified atom stereocenters. The first-order valence-electron chi connectivity index (χ1n) is 7.38. The summed E-state index contributed by atoms with van der Waals surface area (Å²) in [7, 11) is 1.71. The first kappa shape index (κ1) is 15.8. The van der Waals surface area contributed by atoms with Gasteiger partial charge in [0.25, 0.3) is 5.91 Å². The second-order valence-corrected chi connectivity index (χ2v) is 6.73. The number of aromatic nitrogens is 3. The van der Waals surface area contributed by atoms with Crippen LogP contribution in [0.4, 0.5) is 5.95 Å². The maximum Gasteiger partial charge on any atom is 0.265 e. The van der Waals surface area contributed by atoms with E-state index in [0.717, 1.165) is 5.69 Å². The number of amides is 1. The molecule has 0 aliphatic carbocycles. The second-order valence-electron chi connectivity index (χ2n) is 5.87. The van der Waals surface area contributed by atoms with Gasteiger partial charge >= 0.3 is 0 Å². The molecule has 0 spiro atoms. The van der Waals surface area contributed by atoms with E-state index in [1.54, 1.807) is 35.9 Å². The molecule has 122 valence electrons. The zero-order valence-electron chi connectivity index (χ0n) is 13.1. The maximum atomic E-state index is 12.5. The molecule has 8 heteroatoms. The molecule has 3 heterocycles. The molecule has 1 atom stereocenters. The number of anilines is 1. The van der Waals surface area contributed by atoms with Crippen molar-refractivity contribution in [1.82, 2.24) is 19.9 Å². The Labute approximate surface area is 138 Å². The van der Waals surface area contributed by atoms with Gasteiger partial charge in [-0.15, -0.1) is 11.3 Å². The molecule has 0 aromatic carbocycles. The maximum absolute atomic E-state index is 12.5. The molecule has 23 heavy (non-hydrogen) atoms. The van der Waals surface area contributed by atoms with Crippen LogP contribution in [0.25, 0.3) is 0 Å². The number of rotatable bonds is 4. The van der Waals surface area contributed by atoms with Crippen molar-refractivity contribution in [3.63, 3.8) is 0 Å². The Bertz CT molecular complexity index is 692. The predicted octanol–water partition coefficient (Wildman–Crippen LogP) is 0.955. The van der Waals surface area contributed by atoms with Gasteiger partial charge in [-0.25, -0.2) is 15.0 Å². The summed E-state index contributed by atoms with van der Waals surface area (Å²) in [5, 5.41) is 10.8. The van der Waals surface area contributed by atoms with Crippen molar-refractivity contribution in [2.75, 3.05) is 31.6 Å². The lowest BCUT2D eigenvalue weighted by Gasteiger charge is -2.28. The highest BCUT2D eigenvalue weighted by Gasteiger charge is 2.39. The molecule has 1 saturated heterocycles. The van der Waals surface area contributed by atoms with Gasteiger partial charge < -0.3 is 14.9 Å². The summed E-state index contributed by atoms with van der Waals surface area (Å²) >= 11 is 1.33. The van der Waals surface area contributed by atoms with E-state index in [0.29, 0.717) is 30.3 Å². The number of β-amino-alcohol motifs (C(OH)–C–C–N with tert-alkyl or cyclic N) is 1. The molecule has 0 saturated carbocycles. The van der Waals surface area contributed by atoms with Gasteiger partial charge in [-0.2, -0.15) is 0 Å². The van der Waals surface area contributed by atoms with Crippen LogP contribution in [0.5, 0.6) is 0 Å². The van der Waals surface area contributed by atoms with Gasteiger partial charge in [-0.3, -0.25) is 4.79 Å². The average Bonchev–Trinajstić information content (AvgIpc) is 3.13. The van der Waals surface area contributed by atoms with Crippen molar-refractivity contribution in [1.29, 1.82) is 0 Å². The number of aryl methyl sites for hydroxylation is 1. The number of carbonyl (C=O) groups is 1. The normalized spacial score (nSPS) is 20.7. The van der Waals surface area contributed by atoms with E-state index < -0.39 is 5.60 Å². The first-order chi connectivity index (χ1) is 11.0. The zero-order chi connectivity index (χ0) is 16.4. The Hall–Kier alpha value is -2.06. The molecule has 1 fully saturated rings. The highest BCUT2D eigenvalue weighted by atomic mass is 32.1. The second kappa shape index (κ2) is 6.21. The summed E-state index contributed by atoms with van der Waals surface area (Å²) in [6.45, 7) is 3.17. The van der Waals surface area contributed by atoms with E-state index in [-0.39, 0.29) is 12.5 Å². The fourth-order valence-corrected chi connectivity index (χ4v) is 3.60. The molecule has 0 radical (unpaired) electrons. The molecule has 7 nitrogen and oxygen atoms in total. The fraction of sp³-hybridized carbons (Fsp3) is 0.467.